The summed E-state index contributed by atoms with van der Waals surface area (Å²) in [4.78, 5) is 12.3. The molecule has 5 nitrogen and oxygen atoms in total. The summed E-state index contributed by atoms with van der Waals surface area (Å²) in [7, 11) is -3.48. The summed E-state index contributed by atoms with van der Waals surface area (Å²) in [6, 6.07) is 15.5. The zero-order valence-corrected chi connectivity index (χ0v) is 15.2. The maximum atomic E-state index is 12.2. The summed E-state index contributed by atoms with van der Waals surface area (Å²) in [6.07, 6.45) is -0.331. The smallest absolute Gasteiger partial charge is 0.347 e. The number of hydrogen-bond acceptors (Lipinski definition) is 5. The van der Waals surface area contributed by atoms with Gasteiger partial charge in [-0.2, -0.15) is 0 Å². The molecule has 0 N–H and O–H groups in total. The van der Waals surface area contributed by atoms with Gasteiger partial charge in [0.2, 0.25) is 0 Å². The molecule has 0 aliphatic rings. The number of sulfone groups is 1. The number of carbonyl (C=O) groups is 1. The maximum Gasteiger partial charge on any atom is 0.347 e. The fourth-order valence-electron chi connectivity index (χ4n) is 2.17. The van der Waals surface area contributed by atoms with Crippen molar-refractivity contribution in [2.24, 2.45) is 0 Å². The van der Waals surface area contributed by atoms with Crippen molar-refractivity contribution in [1.82, 2.24) is 0 Å². The Balaban J connectivity index is 1.89. The minimum Gasteiger partial charge on any atom is -0.479 e. The minimum absolute atomic E-state index is 0.205. The summed E-state index contributed by atoms with van der Waals surface area (Å²) in [5, 5.41) is 0. The molecule has 134 valence electrons. The van der Waals surface area contributed by atoms with Crippen LogP contribution in [0.1, 0.15) is 18.9 Å². The van der Waals surface area contributed by atoms with Crippen molar-refractivity contribution < 1.29 is 22.7 Å². The molecule has 25 heavy (non-hydrogen) atoms. The van der Waals surface area contributed by atoms with Gasteiger partial charge < -0.3 is 9.47 Å². The Kier molecular flexibility index (Phi) is 6.58. The van der Waals surface area contributed by atoms with E-state index in [0.717, 1.165) is 5.56 Å². The molecule has 2 rings (SSSR count). The number of ether oxygens (including phenoxy) is 2. The largest absolute Gasteiger partial charge is 0.479 e. The van der Waals surface area contributed by atoms with Crippen LogP contribution in [0.25, 0.3) is 0 Å². The van der Waals surface area contributed by atoms with Gasteiger partial charge >= 0.3 is 5.97 Å². The summed E-state index contributed by atoms with van der Waals surface area (Å²) >= 11 is 0. The van der Waals surface area contributed by atoms with Crippen molar-refractivity contribution in [2.75, 3.05) is 12.4 Å². The van der Waals surface area contributed by atoms with Crippen LogP contribution in [0, 0.1) is 6.92 Å². The van der Waals surface area contributed by atoms with Crippen LogP contribution in [0.3, 0.4) is 0 Å². The second kappa shape index (κ2) is 8.67. The van der Waals surface area contributed by atoms with Crippen molar-refractivity contribution in [3.05, 3.63) is 60.2 Å². The molecule has 0 bridgehead atoms. The quantitative estimate of drug-likeness (QED) is 0.675. The van der Waals surface area contributed by atoms with Gasteiger partial charge in [-0.15, -0.1) is 0 Å². The van der Waals surface area contributed by atoms with E-state index < -0.39 is 21.9 Å². The van der Waals surface area contributed by atoms with Crippen molar-refractivity contribution in [2.45, 2.75) is 31.3 Å². The van der Waals surface area contributed by atoms with Gasteiger partial charge in [-0.05, 0) is 37.6 Å². The highest BCUT2D eigenvalue weighted by atomic mass is 32.2. The van der Waals surface area contributed by atoms with E-state index in [-0.39, 0.29) is 17.3 Å². The van der Waals surface area contributed by atoms with Crippen LogP contribution in [0.4, 0.5) is 0 Å². The van der Waals surface area contributed by atoms with Crippen LogP contribution in [0.15, 0.2) is 59.5 Å². The Hall–Kier alpha value is -2.34. The average molecular weight is 362 g/mol. The molecule has 6 heteroatoms. The van der Waals surface area contributed by atoms with Crippen LogP contribution >= 0.6 is 0 Å². The van der Waals surface area contributed by atoms with Crippen LogP contribution in [-0.4, -0.2) is 32.9 Å². The lowest BCUT2D eigenvalue weighted by Gasteiger charge is -2.16. The third-order valence-electron chi connectivity index (χ3n) is 3.63. The molecule has 2 aromatic rings. The first kappa shape index (κ1) is 19.0. The minimum atomic E-state index is -3.48. The van der Waals surface area contributed by atoms with Gasteiger partial charge in [0.25, 0.3) is 0 Å². The molecule has 2 aromatic carbocycles. The molecule has 0 spiro atoms. The average Bonchev–Trinajstić information content (AvgIpc) is 2.60. The lowest BCUT2D eigenvalue weighted by atomic mass is 10.2. The Morgan fingerprint density at radius 2 is 1.68 bits per heavy atom. The van der Waals surface area contributed by atoms with Crippen molar-refractivity contribution in [3.63, 3.8) is 0 Å². The molecule has 1 atom stereocenters. The molecule has 0 heterocycles. The molecule has 0 saturated heterocycles. The molecular formula is C19H22O5S. The number of esters is 1. The van der Waals surface area contributed by atoms with Gasteiger partial charge in [0, 0.05) is 0 Å². The second-order valence-corrected chi connectivity index (χ2v) is 7.74. The Morgan fingerprint density at radius 3 is 2.28 bits per heavy atom. The number of para-hydroxylation sites is 1. The van der Waals surface area contributed by atoms with E-state index in [2.05, 4.69) is 0 Å². The highest BCUT2D eigenvalue weighted by Crippen LogP contribution is 2.14. The zero-order valence-electron chi connectivity index (χ0n) is 14.3. The standard InChI is InChI=1S/C19H22O5S/c1-3-18(24-16-7-5-4-6-8-16)19(20)23-13-14-25(21,22)17-11-9-15(2)10-12-17/h4-12,18H,3,13-14H2,1-2H3. The Morgan fingerprint density at radius 1 is 1.04 bits per heavy atom. The molecule has 0 aliphatic heterocycles. The lowest BCUT2D eigenvalue weighted by Crippen LogP contribution is -2.30. The summed E-state index contributed by atoms with van der Waals surface area (Å²) < 4.78 is 35.2. The fraction of sp³-hybridized carbons (Fsp3) is 0.316. The summed E-state index contributed by atoms with van der Waals surface area (Å²) in [5.74, 6) is -0.257. The predicted molar refractivity (Wildman–Crippen MR) is 95.3 cm³/mol. The lowest BCUT2D eigenvalue weighted by molar-refractivity contribution is -0.151. The number of hydrogen-bond donors (Lipinski definition) is 0. The molecular weight excluding hydrogens is 340 g/mol. The van der Waals surface area contributed by atoms with E-state index >= 15 is 0 Å². The predicted octanol–water partition coefficient (Wildman–Crippen LogP) is 3.17. The first-order chi connectivity index (χ1) is 11.9. The third-order valence-corrected chi connectivity index (χ3v) is 5.33. The zero-order chi connectivity index (χ0) is 18.3. The summed E-state index contributed by atoms with van der Waals surface area (Å²) in [6.45, 7) is 3.48. The topological polar surface area (TPSA) is 69.7 Å². The monoisotopic (exact) mass is 362 g/mol. The number of carbonyl (C=O) groups excluding carboxylic acids is 1. The van der Waals surface area contributed by atoms with Crippen molar-refractivity contribution in [3.8, 4) is 5.75 Å². The Labute approximate surface area is 148 Å². The maximum absolute atomic E-state index is 12.2. The number of benzene rings is 2. The Bertz CT molecular complexity index is 782. The molecule has 0 amide bonds. The van der Waals surface area contributed by atoms with Gasteiger partial charge in [0.1, 0.15) is 12.4 Å². The van der Waals surface area contributed by atoms with E-state index in [4.69, 9.17) is 9.47 Å². The van der Waals surface area contributed by atoms with Gasteiger partial charge in [-0.1, -0.05) is 42.8 Å². The molecule has 0 saturated carbocycles. The third kappa shape index (κ3) is 5.60. The summed E-state index contributed by atoms with van der Waals surface area (Å²) in [5.41, 5.74) is 0.981. The normalized spacial score (nSPS) is 12.4. The first-order valence-corrected chi connectivity index (χ1v) is 9.75. The number of rotatable bonds is 8. The molecule has 0 aromatic heterocycles. The van der Waals surface area contributed by atoms with Crippen LogP contribution in [0.5, 0.6) is 5.75 Å². The van der Waals surface area contributed by atoms with E-state index in [1.807, 2.05) is 25.1 Å². The van der Waals surface area contributed by atoms with Crippen molar-refractivity contribution >= 4 is 15.8 Å². The van der Waals surface area contributed by atoms with Crippen LogP contribution in [0.2, 0.25) is 0 Å². The van der Waals surface area contributed by atoms with Gasteiger partial charge in [-0.3, -0.25) is 0 Å². The molecule has 0 fully saturated rings. The van der Waals surface area contributed by atoms with Crippen LogP contribution < -0.4 is 4.74 Å². The van der Waals surface area contributed by atoms with E-state index in [9.17, 15) is 13.2 Å². The molecule has 0 aliphatic carbocycles. The van der Waals surface area contributed by atoms with E-state index in [1.165, 1.54) is 0 Å². The van der Waals surface area contributed by atoms with Crippen molar-refractivity contribution in [1.29, 1.82) is 0 Å². The number of aryl methyl sites for hydroxylation is 1. The van der Waals surface area contributed by atoms with Gasteiger partial charge in [-0.25, -0.2) is 13.2 Å². The van der Waals surface area contributed by atoms with Gasteiger partial charge in [0.15, 0.2) is 15.9 Å². The SMILES string of the molecule is CCC(Oc1ccccc1)C(=O)OCCS(=O)(=O)c1ccc(C)cc1. The fourth-order valence-corrected chi connectivity index (χ4v) is 3.26. The molecule has 1 unspecified atom stereocenters. The van der Waals surface area contributed by atoms with E-state index in [0.29, 0.717) is 12.2 Å². The highest BCUT2D eigenvalue weighted by molar-refractivity contribution is 7.91. The second-order valence-electron chi connectivity index (χ2n) is 5.63. The molecule has 0 radical (unpaired) electrons. The first-order valence-electron chi connectivity index (χ1n) is 8.10. The van der Waals surface area contributed by atoms with E-state index in [1.54, 1.807) is 43.3 Å². The van der Waals surface area contributed by atoms with Crippen LogP contribution in [-0.2, 0) is 19.4 Å². The van der Waals surface area contributed by atoms with Gasteiger partial charge in [0.05, 0.1) is 10.6 Å². The highest BCUT2D eigenvalue weighted by Gasteiger charge is 2.21.